The number of nitrogens with zero attached hydrogens (tertiary/aromatic N) is 1. The summed E-state index contributed by atoms with van der Waals surface area (Å²) in [6.45, 7) is 0.328. The molecule has 0 saturated carbocycles. The molecule has 1 fully saturated rings. The van der Waals surface area contributed by atoms with E-state index < -0.39 is 17.0 Å². The monoisotopic (exact) mass is 468 g/mol. The van der Waals surface area contributed by atoms with Gasteiger partial charge in [-0.2, -0.15) is 0 Å². The van der Waals surface area contributed by atoms with E-state index in [0.29, 0.717) is 13.0 Å². The molecule has 1 unspecified atom stereocenters. The van der Waals surface area contributed by atoms with Gasteiger partial charge in [0.05, 0.1) is 0 Å². The van der Waals surface area contributed by atoms with Crippen molar-refractivity contribution in [3.05, 3.63) is 91.0 Å². The SMILES string of the molecule is NC(=O)N1CCC(P(Br)(c2ccccc2)(c2ccccc2)c2ccccc2)C1=O. The van der Waals surface area contributed by atoms with Crippen molar-refractivity contribution in [2.45, 2.75) is 12.1 Å². The summed E-state index contributed by atoms with van der Waals surface area (Å²) >= 11 is 4.29. The van der Waals surface area contributed by atoms with Crippen LogP contribution in [0.15, 0.2) is 91.0 Å². The zero-order chi connectivity index (χ0) is 20.5. The van der Waals surface area contributed by atoms with Gasteiger partial charge in [-0.05, 0) is 0 Å². The molecule has 3 aromatic carbocycles. The van der Waals surface area contributed by atoms with Crippen molar-refractivity contribution in [1.29, 1.82) is 0 Å². The van der Waals surface area contributed by atoms with Crippen molar-refractivity contribution >= 4 is 48.6 Å². The van der Waals surface area contributed by atoms with Crippen molar-refractivity contribution in [3.8, 4) is 0 Å². The van der Waals surface area contributed by atoms with E-state index in [2.05, 4.69) is 51.9 Å². The summed E-state index contributed by atoms with van der Waals surface area (Å²) in [4.78, 5) is 26.7. The van der Waals surface area contributed by atoms with E-state index in [1.54, 1.807) is 0 Å². The number of halogens is 1. The van der Waals surface area contributed by atoms with Crippen LogP contribution in [0.5, 0.6) is 0 Å². The first kappa shape index (κ1) is 19.8. The van der Waals surface area contributed by atoms with Crippen LogP contribution in [0.25, 0.3) is 0 Å². The predicted molar refractivity (Wildman–Crippen MR) is 124 cm³/mol. The number of hydrogen-bond acceptors (Lipinski definition) is 2. The first-order chi connectivity index (χ1) is 14.0. The van der Waals surface area contributed by atoms with Gasteiger partial charge in [0.25, 0.3) is 0 Å². The van der Waals surface area contributed by atoms with Crippen LogP contribution in [-0.4, -0.2) is 29.0 Å². The number of rotatable bonds is 4. The fraction of sp³-hybridized carbons (Fsp3) is 0.130. The molecule has 3 aromatic rings. The van der Waals surface area contributed by atoms with Crippen LogP contribution < -0.4 is 21.6 Å². The molecule has 1 heterocycles. The molecule has 4 rings (SSSR count). The Morgan fingerprint density at radius 3 is 1.52 bits per heavy atom. The third kappa shape index (κ3) is 2.84. The van der Waals surface area contributed by atoms with Crippen molar-refractivity contribution < 1.29 is 9.59 Å². The van der Waals surface area contributed by atoms with Gasteiger partial charge >= 0.3 is 178 Å². The van der Waals surface area contributed by atoms with Crippen LogP contribution >= 0.6 is 20.8 Å². The minimum atomic E-state index is -3.45. The van der Waals surface area contributed by atoms with E-state index in [0.717, 1.165) is 15.9 Å². The molecule has 0 bridgehead atoms. The van der Waals surface area contributed by atoms with Crippen LogP contribution in [0.2, 0.25) is 0 Å². The van der Waals surface area contributed by atoms with Crippen molar-refractivity contribution in [2.24, 2.45) is 5.73 Å². The maximum absolute atomic E-state index is 13.5. The molecular formula is C23H22BrN2O2P. The molecular weight excluding hydrogens is 447 g/mol. The molecule has 6 heteroatoms. The van der Waals surface area contributed by atoms with Gasteiger partial charge in [-0.1, -0.05) is 0 Å². The molecule has 1 atom stereocenters. The summed E-state index contributed by atoms with van der Waals surface area (Å²) in [6, 6.07) is 29.7. The molecule has 1 aliphatic heterocycles. The van der Waals surface area contributed by atoms with Crippen LogP contribution in [-0.2, 0) is 4.79 Å². The van der Waals surface area contributed by atoms with Gasteiger partial charge in [0.2, 0.25) is 0 Å². The van der Waals surface area contributed by atoms with Gasteiger partial charge in [-0.3, -0.25) is 0 Å². The number of carbonyl (C=O) groups is 2. The second-order valence-corrected chi connectivity index (χ2v) is 16.0. The topological polar surface area (TPSA) is 63.4 Å². The Kier molecular flexibility index (Phi) is 5.05. The molecule has 0 spiro atoms. The number of carbonyl (C=O) groups excluding carboxylic acids is 2. The molecule has 148 valence electrons. The average Bonchev–Trinajstić information content (AvgIpc) is 3.18. The van der Waals surface area contributed by atoms with Crippen LogP contribution in [0.4, 0.5) is 4.79 Å². The van der Waals surface area contributed by atoms with Gasteiger partial charge < -0.3 is 0 Å². The minimum absolute atomic E-state index is 0.219. The first-order valence-electron chi connectivity index (χ1n) is 9.49. The van der Waals surface area contributed by atoms with E-state index in [9.17, 15) is 9.59 Å². The summed E-state index contributed by atoms with van der Waals surface area (Å²) in [5, 5.41) is -0.282. The second kappa shape index (κ2) is 7.40. The Morgan fingerprint density at radius 1 is 0.828 bits per heavy atom. The molecule has 1 aliphatic rings. The third-order valence-electron chi connectivity index (χ3n) is 5.81. The van der Waals surface area contributed by atoms with Crippen molar-refractivity contribution in [3.63, 3.8) is 0 Å². The zero-order valence-electron chi connectivity index (χ0n) is 15.8. The Balaban J connectivity index is 2.12. The third-order valence-corrected chi connectivity index (χ3v) is 16.6. The van der Waals surface area contributed by atoms with E-state index in [1.807, 2.05) is 54.6 Å². The van der Waals surface area contributed by atoms with Gasteiger partial charge in [0.1, 0.15) is 0 Å². The Bertz CT molecular complexity index is 945. The number of nitrogens with two attached hydrogens (primary N) is 1. The fourth-order valence-corrected chi connectivity index (χ4v) is 13.1. The maximum atomic E-state index is 13.5. The average molecular weight is 469 g/mol. The second-order valence-electron chi connectivity index (χ2n) is 7.21. The number of imide groups is 1. The van der Waals surface area contributed by atoms with Crippen LogP contribution in [0.3, 0.4) is 0 Å². The zero-order valence-corrected chi connectivity index (χ0v) is 18.3. The molecule has 1 saturated heterocycles. The fourth-order valence-electron chi connectivity index (χ4n) is 4.48. The molecule has 29 heavy (non-hydrogen) atoms. The van der Waals surface area contributed by atoms with Gasteiger partial charge in [-0.25, -0.2) is 0 Å². The number of benzene rings is 3. The van der Waals surface area contributed by atoms with Crippen molar-refractivity contribution in [1.82, 2.24) is 4.90 Å². The number of hydrogen-bond donors (Lipinski definition) is 1. The first-order valence-corrected chi connectivity index (χ1v) is 13.8. The summed E-state index contributed by atoms with van der Waals surface area (Å²) in [5.41, 5.74) is 5.09. The Hall–Kier alpha value is -2.49. The van der Waals surface area contributed by atoms with Crippen LogP contribution in [0.1, 0.15) is 6.42 Å². The normalized spacial score (nSPS) is 18.2. The number of urea groups is 1. The predicted octanol–water partition coefficient (Wildman–Crippen LogP) is 3.51. The number of likely N-dealkylation sites (tertiary alicyclic amines) is 1. The van der Waals surface area contributed by atoms with E-state index >= 15 is 0 Å². The van der Waals surface area contributed by atoms with E-state index in [-0.39, 0.29) is 5.91 Å². The number of amides is 3. The summed E-state index contributed by atoms with van der Waals surface area (Å²) in [7, 11) is 0. The molecule has 2 N–H and O–H groups in total. The van der Waals surface area contributed by atoms with Gasteiger partial charge in [0, 0.05) is 0 Å². The molecule has 4 nitrogen and oxygen atoms in total. The molecule has 3 amide bonds. The van der Waals surface area contributed by atoms with Gasteiger partial charge in [-0.15, -0.1) is 0 Å². The number of primary amides is 1. The molecule has 0 radical (unpaired) electrons. The Morgan fingerprint density at radius 2 is 1.21 bits per heavy atom. The standard InChI is InChI=1S/C23H22BrN2O2P/c24-29(18-10-4-1-5-11-18,19-12-6-2-7-13-19,20-14-8-3-9-15-20)21-16-17-26(22(21)27)23(25)28/h1-15,21H,16-17H2,(H2,25,28). The van der Waals surface area contributed by atoms with Crippen LogP contribution in [0, 0.1) is 0 Å². The Labute approximate surface area is 178 Å². The summed E-state index contributed by atoms with van der Waals surface area (Å²) in [5.74, 6) is -0.219. The summed E-state index contributed by atoms with van der Waals surface area (Å²) in [6.07, 6.45) is 0.545. The van der Waals surface area contributed by atoms with E-state index in [4.69, 9.17) is 5.73 Å². The quantitative estimate of drug-likeness (QED) is 0.595. The summed E-state index contributed by atoms with van der Waals surface area (Å²) < 4.78 is 0. The van der Waals surface area contributed by atoms with E-state index in [1.165, 1.54) is 4.90 Å². The van der Waals surface area contributed by atoms with Gasteiger partial charge in [0.15, 0.2) is 0 Å². The molecule has 0 aromatic heterocycles. The molecule has 0 aliphatic carbocycles. The van der Waals surface area contributed by atoms with Crippen molar-refractivity contribution in [2.75, 3.05) is 6.54 Å².